The van der Waals surface area contributed by atoms with E-state index in [-0.39, 0.29) is 42.4 Å². The molecule has 0 fully saturated rings. The molecule has 2 aromatic rings. The van der Waals surface area contributed by atoms with Crippen LogP contribution in [0.5, 0.6) is 11.5 Å². The van der Waals surface area contributed by atoms with Crippen molar-refractivity contribution in [2.75, 3.05) is 20.8 Å². The Labute approximate surface area is 188 Å². The Morgan fingerprint density at radius 2 is 1.97 bits per heavy atom. The third-order valence-corrected chi connectivity index (χ3v) is 4.18. The minimum Gasteiger partial charge on any atom is -0.497 e. The molecule has 2 rings (SSSR count). The fourth-order valence-corrected chi connectivity index (χ4v) is 2.71. The van der Waals surface area contributed by atoms with Gasteiger partial charge in [-0.2, -0.15) is 5.26 Å². The predicted octanol–water partition coefficient (Wildman–Crippen LogP) is 4.15. The summed E-state index contributed by atoms with van der Waals surface area (Å²) >= 11 is 0. The maximum Gasteiger partial charge on any atom is 0.192 e. The van der Waals surface area contributed by atoms with Gasteiger partial charge in [0.1, 0.15) is 17.3 Å². The van der Waals surface area contributed by atoms with Crippen LogP contribution >= 0.6 is 24.0 Å². The molecule has 0 aliphatic carbocycles. The maximum atomic E-state index is 14.0. The zero-order valence-corrected chi connectivity index (χ0v) is 19.3. The van der Waals surface area contributed by atoms with Gasteiger partial charge in [0.25, 0.3) is 0 Å². The molecule has 0 aliphatic heterocycles. The average molecular weight is 512 g/mol. The van der Waals surface area contributed by atoms with Gasteiger partial charge >= 0.3 is 0 Å². The number of nitrogens with zero attached hydrogens (tertiary/aromatic N) is 2. The van der Waals surface area contributed by atoms with Gasteiger partial charge in [0.2, 0.25) is 0 Å². The fraction of sp³-hybridized carbons (Fsp3) is 0.333. The van der Waals surface area contributed by atoms with Crippen LogP contribution in [0, 0.1) is 17.1 Å². The molecule has 8 heteroatoms. The molecule has 156 valence electrons. The van der Waals surface area contributed by atoms with E-state index in [1.165, 1.54) is 18.2 Å². The highest BCUT2D eigenvalue weighted by Crippen LogP contribution is 2.29. The number of benzene rings is 2. The summed E-state index contributed by atoms with van der Waals surface area (Å²) in [6.45, 7) is 4.68. The van der Waals surface area contributed by atoms with E-state index in [0.29, 0.717) is 23.6 Å². The van der Waals surface area contributed by atoms with E-state index in [1.54, 1.807) is 14.2 Å². The first-order valence-corrected chi connectivity index (χ1v) is 8.97. The van der Waals surface area contributed by atoms with Crippen LogP contribution < -0.4 is 20.1 Å². The van der Waals surface area contributed by atoms with Gasteiger partial charge in [-0.05, 0) is 50.2 Å². The molecule has 0 amide bonds. The molecule has 29 heavy (non-hydrogen) atoms. The molecule has 2 N–H and O–H groups in total. The quantitative estimate of drug-likeness (QED) is 0.331. The summed E-state index contributed by atoms with van der Waals surface area (Å²) in [5.41, 5.74) is 1.67. The third-order valence-electron chi connectivity index (χ3n) is 4.18. The normalized spacial score (nSPS) is 11.7. The molecule has 0 saturated carbocycles. The van der Waals surface area contributed by atoms with E-state index < -0.39 is 0 Å². The van der Waals surface area contributed by atoms with Crippen molar-refractivity contribution in [3.05, 3.63) is 58.9 Å². The number of ether oxygens (including phenoxy) is 2. The van der Waals surface area contributed by atoms with Crippen molar-refractivity contribution in [2.24, 2.45) is 4.99 Å². The number of nitriles is 1. The Morgan fingerprint density at radius 3 is 2.59 bits per heavy atom. The lowest BCUT2D eigenvalue weighted by atomic mass is 10.1. The molecule has 0 bridgehead atoms. The Bertz CT molecular complexity index is 883. The van der Waals surface area contributed by atoms with Crippen LogP contribution in [0.3, 0.4) is 0 Å². The Hall–Kier alpha value is -2.54. The molecule has 0 spiro atoms. The molecular formula is C21H26FIN4O2. The van der Waals surface area contributed by atoms with Gasteiger partial charge in [-0.15, -0.1) is 24.0 Å². The second-order valence-corrected chi connectivity index (χ2v) is 6.09. The number of guanidine groups is 1. The van der Waals surface area contributed by atoms with E-state index in [0.717, 1.165) is 17.1 Å². The maximum absolute atomic E-state index is 14.0. The number of nitrogens with one attached hydrogen (secondary N) is 2. The zero-order valence-electron chi connectivity index (χ0n) is 17.0. The summed E-state index contributed by atoms with van der Waals surface area (Å²) in [5, 5.41) is 15.4. The minimum atomic E-state index is -0.388. The van der Waals surface area contributed by atoms with Gasteiger partial charge in [-0.1, -0.05) is 0 Å². The lowest BCUT2D eigenvalue weighted by Crippen LogP contribution is -2.38. The number of aliphatic imine (C=N–C) groups is 1. The molecule has 0 heterocycles. The van der Waals surface area contributed by atoms with Crippen LogP contribution in [0.4, 0.5) is 4.39 Å². The van der Waals surface area contributed by atoms with Gasteiger partial charge in [0.05, 0.1) is 38.4 Å². The van der Waals surface area contributed by atoms with E-state index in [1.807, 2.05) is 38.1 Å². The van der Waals surface area contributed by atoms with Crippen molar-refractivity contribution >= 4 is 29.9 Å². The molecule has 0 radical (unpaired) electrons. The van der Waals surface area contributed by atoms with Crippen LogP contribution in [0.15, 0.2) is 41.4 Å². The highest BCUT2D eigenvalue weighted by Gasteiger charge is 2.14. The minimum absolute atomic E-state index is 0. The molecular weight excluding hydrogens is 486 g/mol. The molecule has 2 aromatic carbocycles. The molecule has 0 saturated heterocycles. The van der Waals surface area contributed by atoms with Gasteiger partial charge in [0, 0.05) is 17.7 Å². The van der Waals surface area contributed by atoms with Crippen molar-refractivity contribution in [1.29, 1.82) is 5.26 Å². The summed E-state index contributed by atoms with van der Waals surface area (Å²) < 4.78 is 24.7. The van der Waals surface area contributed by atoms with Crippen LogP contribution in [-0.4, -0.2) is 26.7 Å². The third kappa shape index (κ3) is 6.78. The lowest BCUT2D eigenvalue weighted by Gasteiger charge is -2.21. The van der Waals surface area contributed by atoms with Crippen LogP contribution in [0.25, 0.3) is 0 Å². The number of halogens is 2. The molecule has 1 atom stereocenters. The highest BCUT2D eigenvalue weighted by molar-refractivity contribution is 14.0. The average Bonchev–Trinajstić information content (AvgIpc) is 2.72. The van der Waals surface area contributed by atoms with E-state index in [9.17, 15) is 4.39 Å². The van der Waals surface area contributed by atoms with Gasteiger partial charge in [-0.3, -0.25) is 0 Å². The summed E-state index contributed by atoms with van der Waals surface area (Å²) in [6.07, 6.45) is 0. The summed E-state index contributed by atoms with van der Waals surface area (Å²) in [5.74, 6) is 1.59. The van der Waals surface area contributed by atoms with Crippen LogP contribution in [-0.2, 0) is 6.54 Å². The summed E-state index contributed by atoms with van der Waals surface area (Å²) in [6, 6.07) is 11.7. The topological polar surface area (TPSA) is 78.7 Å². The Balaban J connectivity index is 0.00000420. The Kier molecular flexibility index (Phi) is 10.2. The standard InChI is InChI=1S/C21H25FN4O2.HI/c1-5-24-21(25-13-16-10-15(12-23)6-8-19(16)22)26-14(2)18-11-17(27-3)7-9-20(18)28-4;/h6-11,14H,5,13H2,1-4H3,(H2,24,25,26);1H. The zero-order chi connectivity index (χ0) is 20.5. The van der Waals surface area contributed by atoms with Crippen LogP contribution in [0.1, 0.15) is 36.6 Å². The summed E-state index contributed by atoms with van der Waals surface area (Å²) in [4.78, 5) is 4.46. The predicted molar refractivity (Wildman–Crippen MR) is 122 cm³/mol. The monoisotopic (exact) mass is 512 g/mol. The van der Waals surface area contributed by atoms with Gasteiger partial charge in [-0.25, -0.2) is 9.38 Å². The number of methoxy groups -OCH3 is 2. The second kappa shape index (κ2) is 12.1. The molecule has 0 aromatic heterocycles. The molecule has 6 nitrogen and oxygen atoms in total. The van der Waals surface area contributed by atoms with Crippen LogP contribution in [0.2, 0.25) is 0 Å². The second-order valence-electron chi connectivity index (χ2n) is 6.09. The van der Waals surface area contributed by atoms with E-state index >= 15 is 0 Å². The Morgan fingerprint density at radius 1 is 1.21 bits per heavy atom. The summed E-state index contributed by atoms with van der Waals surface area (Å²) in [7, 11) is 3.22. The molecule has 0 aliphatic rings. The van der Waals surface area contributed by atoms with Crippen molar-refractivity contribution in [1.82, 2.24) is 10.6 Å². The SMILES string of the molecule is CCNC(=NCc1cc(C#N)ccc1F)NC(C)c1cc(OC)ccc1OC.I. The van der Waals surface area contributed by atoms with Gasteiger partial charge < -0.3 is 20.1 Å². The van der Waals surface area contributed by atoms with Crippen molar-refractivity contribution in [3.8, 4) is 17.6 Å². The first-order chi connectivity index (χ1) is 13.5. The number of hydrogen-bond acceptors (Lipinski definition) is 4. The van der Waals surface area contributed by atoms with Crippen molar-refractivity contribution in [3.63, 3.8) is 0 Å². The first-order valence-electron chi connectivity index (χ1n) is 8.97. The highest BCUT2D eigenvalue weighted by atomic mass is 127. The van der Waals surface area contributed by atoms with E-state index in [4.69, 9.17) is 14.7 Å². The van der Waals surface area contributed by atoms with Crippen molar-refractivity contribution < 1.29 is 13.9 Å². The lowest BCUT2D eigenvalue weighted by molar-refractivity contribution is 0.394. The number of hydrogen-bond donors (Lipinski definition) is 2. The first kappa shape index (κ1) is 24.5. The van der Waals surface area contributed by atoms with Crippen molar-refractivity contribution in [2.45, 2.75) is 26.4 Å². The molecule has 1 unspecified atom stereocenters. The smallest absolute Gasteiger partial charge is 0.192 e. The number of rotatable bonds is 7. The van der Waals surface area contributed by atoms with E-state index in [2.05, 4.69) is 15.6 Å². The van der Waals surface area contributed by atoms with Gasteiger partial charge in [0.15, 0.2) is 5.96 Å². The largest absolute Gasteiger partial charge is 0.497 e. The fourth-order valence-electron chi connectivity index (χ4n) is 2.71.